The van der Waals surface area contributed by atoms with E-state index in [1.807, 2.05) is 163 Å². The summed E-state index contributed by atoms with van der Waals surface area (Å²) in [7, 11) is 28.1. The minimum atomic E-state index is -0.289. The quantitative estimate of drug-likeness (QED) is 0.0162. The fourth-order valence-corrected chi connectivity index (χ4v) is 21.6. The minimum absolute atomic E-state index is 0.100. The van der Waals surface area contributed by atoms with Crippen LogP contribution in [-0.2, 0) is 0 Å². The second-order valence-electron chi connectivity index (χ2n) is 35.4. The van der Waals surface area contributed by atoms with Gasteiger partial charge in [-0.15, -0.1) is 102 Å². The van der Waals surface area contributed by atoms with E-state index in [1.165, 1.54) is 80.1 Å². The minimum Gasteiger partial charge on any atom is -0.484 e. The maximum atomic E-state index is 11.4. The average Bonchev–Trinajstić information content (AvgIpc) is 1.16. The lowest BCUT2D eigenvalue weighted by atomic mass is 10.1. The number of carbonyl (C=O) groups excluding carboxylic acids is 1. The van der Waals surface area contributed by atoms with Gasteiger partial charge in [0.25, 0.3) is 0 Å². The number of nitrogens with one attached hydrogen (secondary N) is 4. The first-order valence-corrected chi connectivity index (χ1v) is 56.9. The molecule has 17 rings (SSSR count). The van der Waals surface area contributed by atoms with Crippen LogP contribution >= 0.6 is 102 Å². The molecule has 145 heavy (non-hydrogen) atoms. The van der Waals surface area contributed by atoms with Gasteiger partial charge >= 0.3 is 0 Å². The van der Waals surface area contributed by atoms with Crippen LogP contribution in [0, 0.1) is 0 Å². The van der Waals surface area contributed by atoms with Crippen molar-refractivity contribution in [3.05, 3.63) is 371 Å². The number of aliphatic hydroxyl groups is 4. The summed E-state index contributed by atoms with van der Waals surface area (Å²) >= 11 is 15.0. The van der Waals surface area contributed by atoms with Crippen molar-refractivity contribution in [3.8, 4) is 23.0 Å². The fourth-order valence-electron chi connectivity index (χ4n) is 14.7. The number of carbonyl (C=O) groups is 1. The summed E-state index contributed by atoms with van der Waals surface area (Å²) in [5.41, 5.74) is 0. The molecule has 4 unspecified atom stereocenters. The summed E-state index contributed by atoms with van der Waals surface area (Å²) < 4.78 is 36.8. The SMILES string of the molecule is CN(C)CCC(=O)c1cccs1.CN(C)CCC(O)c1cccs1.CN(C)CCC(Oc1cccc2ccccc12)c1cccs1.CN(C)CC[C@H](O)c1cccs1.CN(C)CC[C@H](Oc1cccc2ccccc12)c1cccs1.CNCCC(O)c1cccs1.CNCCC(Oc1cccc2ccccc12)c1cccs1.CNCC[C@H](O)c1cccs1.CNCC[C@H](Oc1cccc2ccccc12)c1cccs1.[2H]N[3H]. The number of ether oxygens (including phenoxy) is 4. The molecule has 0 saturated heterocycles. The number of fused-ring (bicyclic) bond motifs is 4. The molecule has 0 amide bonds. The molecule has 0 spiro atoms. The molecule has 28 heteroatoms. The van der Waals surface area contributed by atoms with Gasteiger partial charge in [-0.3, -0.25) is 4.79 Å². The highest BCUT2D eigenvalue weighted by Crippen LogP contribution is 2.39. The zero-order valence-electron chi connectivity index (χ0n) is 88.3. The van der Waals surface area contributed by atoms with E-state index in [4.69, 9.17) is 21.8 Å². The summed E-state index contributed by atoms with van der Waals surface area (Å²) in [6.07, 6.45) is 8.22. The van der Waals surface area contributed by atoms with Crippen molar-refractivity contribution in [1.29, 1.82) is 0 Å². The maximum absolute atomic E-state index is 11.4. The van der Waals surface area contributed by atoms with Gasteiger partial charge in [-0.05, 0) is 299 Å². The molecule has 17 aromatic rings. The van der Waals surface area contributed by atoms with Gasteiger partial charge in [-0.2, -0.15) is 0 Å². The lowest BCUT2D eigenvalue weighted by Crippen LogP contribution is -2.18. The van der Waals surface area contributed by atoms with Crippen molar-refractivity contribution in [2.24, 2.45) is 0 Å². The number of hydrogen-bond donors (Lipinski definition) is 9. The van der Waals surface area contributed by atoms with Crippen LogP contribution in [0.15, 0.2) is 327 Å². The molecule has 9 heterocycles. The van der Waals surface area contributed by atoms with E-state index >= 15 is 0 Å². The molecule has 8 aromatic carbocycles. The van der Waals surface area contributed by atoms with E-state index in [2.05, 4.69) is 309 Å². The predicted octanol–water partition coefficient (Wildman–Crippen LogP) is 27.5. The van der Waals surface area contributed by atoms with E-state index in [1.54, 1.807) is 90.7 Å². The van der Waals surface area contributed by atoms with Gasteiger partial charge in [0, 0.05) is 125 Å². The molecule has 0 radical (unpaired) electrons. The van der Waals surface area contributed by atoms with Crippen LogP contribution in [-0.4, -0.2) is 208 Å². The molecule has 0 aliphatic heterocycles. The second-order valence-corrected chi connectivity index (χ2v) is 44.2. The molecule has 0 bridgehead atoms. The highest BCUT2D eigenvalue weighted by Gasteiger charge is 2.22. The number of thiophene rings is 9. The molecule has 0 fully saturated rings. The second kappa shape index (κ2) is 69.6. The zero-order chi connectivity index (χ0) is 106. The van der Waals surface area contributed by atoms with Crippen molar-refractivity contribution in [3.63, 3.8) is 0 Å². The highest BCUT2D eigenvalue weighted by atomic mass is 32.1. The molecule has 0 aliphatic rings. The van der Waals surface area contributed by atoms with Gasteiger partial charge in [-0.1, -0.05) is 200 Å². The smallest absolute Gasteiger partial charge is 0.174 e. The summed E-state index contributed by atoms with van der Waals surface area (Å²) in [6.45, 7) is 8.30. The van der Waals surface area contributed by atoms with E-state index in [-0.39, 0.29) is 54.6 Å². The fraction of sp³-hybridized carbons (Fsp3) is 0.342. The summed E-state index contributed by atoms with van der Waals surface area (Å²) in [4.78, 5) is 32.2. The number of hydrogen-bond acceptors (Lipinski definition) is 28. The number of Topliss-reactive ketones (excluding diaryl/α,β-unsaturated/α-hetero) is 1. The Bertz CT molecular complexity index is 5770. The van der Waals surface area contributed by atoms with Gasteiger partial charge in [0.1, 0.15) is 50.2 Å². The van der Waals surface area contributed by atoms with Crippen LogP contribution in [0.25, 0.3) is 43.1 Å². The van der Waals surface area contributed by atoms with E-state index < -0.39 is 0 Å². The Morgan fingerprint density at radius 2 is 0.497 bits per heavy atom. The van der Waals surface area contributed by atoms with Crippen LogP contribution in [0.4, 0.5) is 0 Å². The van der Waals surface area contributed by atoms with Crippen LogP contribution in [0.2, 0.25) is 2.82 Å². The summed E-state index contributed by atoms with van der Waals surface area (Å²) in [6, 6.07) is 95.0. The standard InChI is InChI=1S/2C19H21NOS.2C18H19NOS.2C9H15NOS.C9H13NOS.2C8H13NOS.H3N/c2*1-20(2)13-12-18(19-11-6-14-22-19)21-17-10-5-8-15-7-3-4-9-16(15)17;2*1-19-12-11-17(18-10-5-13-21-18)20-16-9-4-7-14-6-2-3-8-15(14)16;3*1-10(2)6-5-8(11)9-4-3-7-12-9;2*1-9-5-4-7(10)8-3-2-6-11-8;/h2*3-11,14,18H,12-13H2,1-2H3;2*2-10,13,17,19H,11-12H2,1H3;2*3-4,7-8,11H,5-6H2,1-2H3;3-4,7H,5-6H2,1-2H3;2*2-3,6-7,9-10H,4-5H2,1H3;1H3/t18-;;17-;;8-;;;7-;;/m0.0.0..0../s1/i/hTD. The first kappa shape index (κ1) is 117. The number of nitrogens with zero attached hydrogens (tertiary/aromatic N) is 5. The van der Waals surface area contributed by atoms with E-state index in [9.17, 15) is 25.2 Å². The van der Waals surface area contributed by atoms with E-state index in [0.717, 1.165) is 158 Å². The third-order valence-corrected chi connectivity index (χ3v) is 31.3. The Morgan fingerprint density at radius 3 is 0.731 bits per heavy atom. The van der Waals surface area contributed by atoms with Crippen LogP contribution < -0.4 is 46.4 Å². The number of rotatable bonds is 44. The van der Waals surface area contributed by atoms with Gasteiger partial charge < -0.3 is 91.3 Å². The zero-order valence-corrected chi connectivity index (χ0v) is 93.7. The Kier molecular flexibility index (Phi) is 56.3. The number of benzene rings is 8. The maximum Gasteiger partial charge on any atom is 0.174 e. The summed E-state index contributed by atoms with van der Waals surface area (Å²) in [5, 5.41) is 78.6. The van der Waals surface area contributed by atoms with Crippen LogP contribution in [0.5, 0.6) is 23.0 Å². The first-order chi connectivity index (χ1) is 71.4. The molecule has 0 saturated carbocycles. The van der Waals surface area contributed by atoms with Crippen molar-refractivity contribution in [1.82, 2.24) is 51.9 Å². The van der Waals surface area contributed by atoms with Crippen molar-refractivity contribution in [2.75, 3.05) is 158 Å². The monoisotopic (exact) mass is 2130 g/mol. The molecule has 8 atom stereocenters. The molecule has 11 N–H and O–H groups in total. The van der Waals surface area contributed by atoms with Gasteiger partial charge in [0.05, 0.1) is 29.3 Å². The molecule has 778 valence electrons. The molecule has 19 nitrogen and oxygen atoms in total. The van der Waals surface area contributed by atoms with Crippen molar-refractivity contribution in [2.45, 2.75) is 107 Å². The normalized spacial score (nSPS) is 12.7. The Balaban J connectivity index is 0.000000204. The number of aliphatic hydroxyl groups excluding tert-OH is 4. The Hall–Kier alpha value is -9.59. The summed E-state index contributed by atoms with van der Waals surface area (Å²) in [5.74, 6) is 4.11. The van der Waals surface area contributed by atoms with Crippen LogP contribution in [0.3, 0.4) is 0 Å². The Morgan fingerprint density at radius 1 is 0.283 bits per heavy atom. The van der Waals surface area contributed by atoms with Crippen molar-refractivity contribution >= 4 is 151 Å². The van der Waals surface area contributed by atoms with Gasteiger partial charge in [0.15, 0.2) is 5.78 Å². The first-order valence-electron chi connectivity index (χ1n) is 50.0. The molecule has 0 aliphatic carbocycles. The van der Waals surface area contributed by atoms with Crippen molar-refractivity contribution < 1.29 is 47.0 Å². The molecular formula is C117H152N10O9S9. The number of ketones is 1. The highest BCUT2D eigenvalue weighted by molar-refractivity contribution is 7.12. The average molecular weight is 2130 g/mol. The van der Waals surface area contributed by atoms with Gasteiger partial charge in [-0.25, -0.2) is 0 Å². The molecular weight excluding hydrogens is 1980 g/mol. The van der Waals surface area contributed by atoms with Gasteiger partial charge in [0.2, 0.25) is 0 Å². The third-order valence-electron chi connectivity index (χ3n) is 22.6. The predicted molar refractivity (Wildman–Crippen MR) is 627 cm³/mol. The lowest BCUT2D eigenvalue weighted by molar-refractivity contribution is 0.0976. The Labute approximate surface area is 900 Å². The van der Waals surface area contributed by atoms with Crippen LogP contribution in [0.1, 0.15) is 155 Å². The lowest BCUT2D eigenvalue weighted by Gasteiger charge is -2.21. The largest absolute Gasteiger partial charge is 0.484 e. The molecule has 9 aromatic heterocycles. The third kappa shape index (κ3) is 44.4. The van der Waals surface area contributed by atoms with E-state index in [0.29, 0.717) is 6.42 Å². The topological polar surface area (TPSA) is 234 Å².